The first-order chi connectivity index (χ1) is 14.5. The van der Waals surface area contributed by atoms with Gasteiger partial charge in [-0.1, -0.05) is 76.6 Å². The molecule has 0 amide bonds. The van der Waals surface area contributed by atoms with E-state index in [0.29, 0.717) is 16.8 Å². The van der Waals surface area contributed by atoms with Crippen molar-refractivity contribution in [2.75, 3.05) is 11.9 Å². The number of ketones is 2. The molecule has 0 spiro atoms. The van der Waals surface area contributed by atoms with Gasteiger partial charge >= 0.3 is 5.97 Å². The molecule has 152 valence electrons. The summed E-state index contributed by atoms with van der Waals surface area (Å²) in [5.74, 6) is -1.17. The van der Waals surface area contributed by atoms with E-state index in [9.17, 15) is 14.4 Å². The molecule has 3 aromatic rings. The highest BCUT2D eigenvalue weighted by molar-refractivity contribution is 9.10. The van der Waals surface area contributed by atoms with E-state index in [1.54, 1.807) is 60.7 Å². The zero-order valence-electron chi connectivity index (χ0n) is 16.1. The number of ether oxygens (including phenoxy) is 1. The van der Waals surface area contributed by atoms with Crippen LogP contribution in [0, 0.1) is 0 Å². The third kappa shape index (κ3) is 6.12. The fourth-order valence-corrected chi connectivity index (χ4v) is 3.08. The number of nitrogens with one attached hydrogen (secondary N) is 1. The monoisotopic (exact) mass is 465 g/mol. The second-order valence-electron chi connectivity index (χ2n) is 6.59. The molecule has 0 aliphatic rings. The van der Waals surface area contributed by atoms with Crippen LogP contribution in [0.15, 0.2) is 89.4 Å². The second kappa shape index (κ2) is 10.5. The molecule has 5 nitrogen and oxygen atoms in total. The van der Waals surface area contributed by atoms with Gasteiger partial charge in [0.1, 0.15) is 6.04 Å². The fraction of sp³-hybridized carbons (Fsp3) is 0.125. The van der Waals surface area contributed by atoms with Crippen molar-refractivity contribution < 1.29 is 19.1 Å². The van der Waals surface area contributed by atoms with Gasteiger partial charge in [0.15, 0.2) is 18.2 Å². The van der Waals surface area contributed by atoms with Gasteiger partial charge in [0.2, 0.25) is 0 Å². The highest BCUT2D eigenvalue weighted by Crippen LogP contribution is 2.14. The minimum atomic E-state index is -0.919. The molecule has 1 atom stereocenters. The molecular weight excluding hydrogens is 446 g/mol. The Morgan fingerprint density at radius 3 is 1.97 bits per heavy atom. The summed E-state index contributed by atoms with van der Waals surface area (Å²) in [5.41, 5.74) is 1.63. The lowest BCUT2D eigenvalue weighted by Crippen LogP contribution is -2.34. The van der Waals surface area contributed by atoms with E-state index in [4.69, 9.17) is 4.74 Å². The molecule has 6 heteroatoms. The van der Waals surface area contributed by atoms with Gasteiger partial charge in [-0.3, -0.25) is 9.59 Å². The number of carbonyl (C=O) groups excluding carboxylic acids is 3. The van der Waals surface area contributed by atoms with Gasteiger partial charge in [-0.25, -0.2) is 4.79 Å². The van der Waals surface area contributed by atoms with E-state index < -0.39 is 18.6 Å². The van der Waals surface area contributed by atoms with Crippen molar-refractivity contribution in [3.8, 4) is 0 Å². The molecule has 0 bridgehead atoms. The topological polar surface area (TPSA) is 72.5 Å². The van der Waals surface area contributed by atoms with Crippen LogP contribution in [-0.4, -0.2) is 30.2 Å². The van der Waals surface area contributed by atoms with Gasteiger partial charge in [-0.15, -0.1) is 0 Å². The van der Waals surface area contributed by atoms with Crippen molar-refractivity contribution in [2.24, 2.45) is 0 Å². The summed E-state index contributed by atoms with van der Waals surface area (Å²) in [6, 6.07) is 23.7. The molecule has 0 aliphatic carbocycles. The van der Waals surface area contributed by atoms with Crippen LogP contribution < -0.4 is 5.32 Å². The third-order valence-electron chi connectivity index (χ3n) is 4.40. The zero-order valence-corrected chi connectivity index (χ0v) is 17.7. The van der Waals surface area contributed by atoms with E-state index in [-0.39, 0.29) is 18.0 Å². The summed E-state index contributed by atoms with van der Waals surface area (Å²) >= 11 is 3.31. The first-order valence-corrected chi connectivity index (χ1v) is 10.2. The summed E-state index contributed by atoms with van der Waals surface area (Å²) in [6.07, 6.45) is -0.0930. The van der Waals surface area contributed by atoms with Gasteiger partial charge in [0, 0.05) is 27.7 Å². The van der Waals surface area contributed by atoms with Crippen molar-refractivity contribution >= 4 is 39.2 Å². The predicted molar refractivity (Wildman–Crippen MR) is 119 cm³/mol. The molecule has 0 unspecified atom stereocenters. The normalized spacial score (nSPS) is 11.4. The maximum absolute atomic E-state index is 12.7. The van der Waals surface area contributed by atoms with Crippen LogP contribution in [0.2, 0.25) is 0 Å². The smallest absolute Gasteiger partial charge is 0.329 e. The van der Waals surface area contributed by atoms with Crippen LogP contribution in [0.3, 0.4) is 0 Å². The van der Waals surface area contributed by atoms with Gasteiger partial charge in [0.05, 0.1) is 0 Å². The number of carbonyl (C=O) groups is 3. The maximum atomic E-state index is 12.7. The number of esters is 1. The molecular formula is C24H20BrNO4. The Kier molecular flexibility index (Phi) is 7.51. The average Bonchev–Trinajstić information content (AvgIpc) is 2.78. The molecule has 1 N–H and O–H groups in total. The number of halogens is 1. The van der Waals surface area contributed by atoms with Crippen molar-refractivity contribution in [3.05, 3.63) is 101 Å². The molecule has 0 radical (unpaired) electrons. The quantitative estimate of drug-likeness (QED) is 0.358. The molecule has 30 heavy (non-hydrogen) atoms. The van der Waals surface area contributed by atoms with Crippen LogP contribution in [0.25, 0.3) is 0 Å². The van der Waals surface area contributed by atoms with Gasteiger partial charge in [-0.2, -0.15) is 0 Å². The van der Waals surface area contributed by atoms with E-state index in [0.717, 1.165) is 4.47 Å². The van der Waals surface area contributed by atoms with Gasteiger partial charge in [-0.05, 0) is 24.3 Å². The van der Waals surface area contributed by atoms with Crippen LogP contribution >= 0.6 is 15.9 Å². The average molecular weight is 466 g/mol. The lowest BCUT2D eigenvalue weighted by Gasteiger charge is -2.18. The van der Waals surface area contributed by atoms with Crippen molar-refractivity contribution in [1.29, 1.82) is 0 Å². The SMILES string of the molecule is O=C(COC(=O)[C@H](CC(=O)c1ccccc1)Nc1ccccc1)c1ccc(Br)cc1. The molecule has 3 rings (SSSR count). The van der Waals surface area contributed by atoms with E-state index in [1.165, 1.54) is 0 Å². The highest BCUT2D eigenvalue weighted by Gasteiger charge is 2.25. The van der Waals surface area contributed by atoms with Crippen LogP contribution in [-0.2, 0) is 9.53 Å². The van der Waals surface area contributed by atoms with E-state index in [1.807, 2.05) is 24.3 Å². The Morgan fingerprint density at radius 2 is 1.33 bits per heavy atom. The number of anilines is 1. The summed E-state index contributed by atoms with van der Waals surface area (Å²) in [5, 5.41) is 3.04. The zero-order chi connectivity index (χ0) is 21.3. The Labute approximate surface area is 183 Å². The third-order valence-corrected chi connectivity index (χ3v) is 4.92. The van der Waals surface area contributed by atoms with Crippen LogP contribution in [0.4, 0.5) is 5.69 Å². The first-order valence-electron chi connectivity index (χ1n) is 9.38. The Morgan fingerprint density at radius 1 is 0.767 bits per heavy atom. The number of hydrogen-bond donors (Lipinski definition) is 1. The minimum Gasteiger partial charge on any atom is -0.456 e. The lowest BCUT2D eigenvalue weighted by molar-refractivity contribution is -0.143. The van der Waals surface area contributed by atoms with Crippen LogP contribution in [0.5, 0.6) is 0 Å². The second-order valence-corrected chi connectivity index (χ2v) is 7.51. The van der Waals surface area contributed by atoms with Crippen molar-refractivity contribution in [3.63, 3.8) is 0 Å². The molecule has 0 fully saturated rings. The summed E-state index contributed by atoms with van der Waals surface area (Å²) in [4.78, 5) is 37.6. The summed E-state index contributed by atoms with van der Waals surface area (Å²) in [7, 11) is 0. The van der Waals surface area contributed by atoms with E-state index in [2.05, 4.69) is 21.2 Å². The standard InChI is InChI=1S/C24H20BrNO4/c25-19-13-11-18(12-14-19)23(28)16-30-24(29)21(26-20-9-5-2-6-10-20)15-22(27)17-7-3-1-4-8-17/h1-14,21,26H,15-16H2/t21-/m0/s1. The lowest BCUT2D eigenvalue weighted by atomic mass is 10.0. The van der Waals surface area contributed by atoms with E-state index >= 15 is 0 Å². The molecule has 0 heterocycles. The van der Waals surface area contributed by atoms with Crippen molar-refractivity contribution in [2.45, 2.75) is 12.5 Å². The van der Waals surface area contributed by atoms with Gasteiger partial charge < -0.3 is 10.1 Å². The fourth-order valence-electron chi connectivity index (χ4n) is 2.81. The number of para-hydroxylation sites is 1. The Bertz CT molecular complexity index is 1000. The maximum Gasteiger partial charge on any atom is 0.329 e. The first kappa shape index (κ1) is 21.5. The predicted octanol–water partition coefficient (Wildman–Crippen LogP) is 4.93. The number of Topliss-reactive ketones (excluding diaryl/α,β-unsaturated/α-hetero) is 2. The summed E-state index contributed by atoms with van der Waals surface area (Å²) in [6.45, 7) is -0.396. The van der Waals surface area contributed by atoms with Crippen molar-refractivity contribution in [1.82, 2.24) is 0 Å². The minimum absolute atomic E-state index is 0.0930. The Balaban J connectivity index is 1.68. The molecule has 0 saturated carbocycles. The van der Waals surface area contributed by atoms with Gasteiger partial charge in [0.25, 0.3) is 0 Å². The van der Waals surface area contributed by atoms with Crippen LogP contribution in [0.1, 0.15) is 27.1 Å². The molecule has 0 saturated heterocycles. The Hall–Kier alpha value is -3.25. The number of hydrogen-bond acceptors (Lipinski definition) is 5. The summed E-state index contributed by atoms with van der Waals surface area (Å²) < 4.78 is 6.09. The number of rotatable bonds is 9. The molecule has 3 aromatic carbocycles. The molecule has 0 aliphatic heterocycles. The largest absolute Gasteiger partial charge is 0.456 e. The molecule has 0 aromatic heterocycles. The highest BCUT2D eigenvalue weighted by atomic mass is 79.9. The number of benzene rings is 3.